The van der Waals surface area contributed by atoms with Crippen LogP contribution in [0, 0.1) is 6.92 Å². The van der Waals surface area contributed by atoms with Crippen molar-refractivity contribution < 1.29 is 9.32 Å². The zero-order chi connectivity index (χ0) is 20.4. The van der Waals surface area contributed by atoms with Crippen LogP contribution in [-0.2, 0) is 0 Å². The molecule has 3 aromatic rings. The van der Waals surface area contributed by atoms with Crippen molar-refractivity contribution in [1.29, 1.82) is 0 Å². The van der Waals surface area contributed by atoms with E-state index in [1.165, 1.54) is 0 Å². The van der Waals surface area contributed by atoms with Gasteiger partial charge in [-0.2, -0.15) is 4.98 Å². The van der Waals surface area contributed by atoms with E-state index in [-0.39, 0.29) is 12.1 Å². The van der Waals surface area contributed by atoms with Crippen molar-refractivity contribution in [3.05, 3.63) is 64.0 Å². The van der Waals surface area contributed by atoms with E-state index in [4.69, 9.17) is 27.7 Å². The van der Waals surface area contributed by atoms with Crippen molar-refractivity contribution in [2.24, 2.45) is 0 Å². The van der Waals surface area contributed by atoms with Gasteiger partial charge in [-0.3, -0.25) is 0 Å². The fourth-order valence-corrected chi connectivity index (χ4v) is 3.76. The Kier molecular flexibility index (Phi) is 5.74. The number of nitrogens with one attached hydrogen (secondary N) is 1. The summed E-state index contributed by atoms with van der Waals surface area (Å²) in [5, 5.41) is 7.66. The summed E-state index contributed by atoms with van der Waals surface area (Å²) in [5.74, 6) is 0.955. The fraction of sp³-hybridized carbons (Fsp3) is 0.286. The summed E-state index contributed by atoms with van der Waals surface area (Å²) in [6, 6.07) is 12.5. The zero-order valence-corrected chi connectivity index (χ0v) is 17.4. The third kappa shape index (κ3) is 4.23. The lowest BCUT2D eigenvalue weighted by molar-refractivity contribution is 0.142. The van der Waals surface area contributed by atoms with E-state index < -0.39 is 0 Å². The van der Waals surface area contributed by atoms with Crippen LogP contribution >= 0.6 is 23.2 Å². The maximum Gasteiger partial charge on any atom is 0.322 e. The summed E-state index contributed by atoms with van der Waals surface area (Å²) in [6.45, 7) is 2.62. The van der Waals surface area contributed by atoms with Gasteiger partial charge in [-0.05, 0) is 38.3 Å². The summed E-state index contributed by atoms with van der Waals surface area (Å²) in [5.41, 5.74) is 2.51. The third-order valence-corrected chi connectivity index (χ3v) is 5.81. The second-order valence-corrected chi connectivity index (χ2v) is 7.84. The molecule has 1 aliphatic rings. The highest BCUT2D eigenvalue weighted by Crippen LogP contribution is 2.34. The first-order valence-electron chi connectivity index (χ1n) is 9.45. The number of amides is 2. The van der Waals surface area contributed by atoms with Crippen LogP contribution in [0.5, 0.6) is 0 Å². The first-order chi connectivity index (χ1) is 14.0. The summed E-state index contributed by atoms with van der Waals surface area (Å²) in [6.07, 6.45) is 2.65. The van der Waals surface area contributed by atoms with Gasteiger partial charge >= 0.3 is 6.03 Å². The summed E-state index contributed by atoms with van der Waals surface area (Å²) < 4.78 is 5.53. The van der Waals surface area contributed by atoms with Crippen LogP contribution in [0.25, 0.3) is 11.4 Å². The maximum atomic E-state index is 13.0. The van der Waals surface area contributed by atoms with Crippen LogP contribution in [0.2, 0.25) is 10.0 Å². The number of halogens is 2. The quantitative estimate of drug-likeness (QED) is 0.543. The lowest BCUT2D eigenvalue weighted by Gasteiger charge is -2.33. The smallest absolute Gasteiger partial charge is 0.322 e. The van der Waals surface area contributed by atoms with Crippen molar-refractivity contribution in [3.8, 4) is 11.4 Å². The number of likely N-dealkylation sites (tertiary alicyclic amines) is 1. The molecule has 1 fully saturated rings. The molecule has 8 heteroatoms. The SMILES string of the molecule is Cc1ccc(-c2noc(C3CCCCN3C(=O)Nc3cccc(Cl)c3Cl)n2)cc1. The monoisotopic (exact) mass is 430 g/mol. The highest BCUT2D eigenvalue weighted by atomic mass is 35.5. The molecule has 0 radical (unpaired) electrons. The molecule has 1 atom stereocenters. The molecular formula is C21H20Cl2N4O2. The Labute approximate surface area is 178 Å². The van der Waals surface area contributed by atoms with Crippen LogP contribution in [0.1, 0.15) is 36.8 Å². The number of urea groups is 1. The highest BCUT2D eigenvalue weighted by molar-refractivity contribution is 6.43. The topological polar surface area (TPSA) is 71.3 Å². The molecular weight excluding hydrogens is 411 g/mol. The first kappa shape index (κ1) is 19.7. The van der Waals surface area contributed by atoms with Crippen LogP contribution in [0.15, 0.2) is 47.0 Å². The van der Waals surface area contributed by atoms with Crippen molar-refractivity contribution in [2.45, 2.75) is 32.2 Å². The Hall–Kier alpha value is -2.57. The molecule has 1 saturated heterocycles. The molecule has 1 aromatic heterocycles. The maximum absolute atomic E-state index is 13.0. The molecule has 0 saturated carbocycles. The minimum atomic E-state index is -0.284. The average molecular weight is 431 g/mol. The van der Waals surface area contributed by atoms with Gasteiger partial charge in [0, 0.05) is 12.1 Å². The number of rotatable bonds is 3. The Morgan fingerprint density at radius 1 is 1.17 bits per heavy atom. The molecule has 29 heavy (non-hydrogen) atoms. The predicted octanol–water partition coefficient (Wildman–Crippen LogP) is 6.11. The molecule has 0 aliphatic carbocycles. The first-order valence-corrected chi connectivity index (χ1v) is 10.2. The Bertz CT molecular complexity index is 1020. The molecule has 2 heterocycles. The van der Waals surface area contributed by atoms with Gasteiger partial charge in [-0.1, -0.05) is 64.3 Å². The number of hydrogen-bond acceptors (Lipinski definition) is 4. The van der Waals surface area contributed by atoms with Crippen molar-refractivity contribution in [1.82, 2.24) is 15.0 Å². The van der Waals surface area contributed by atoms with Crippen molar-refractivity contribution in [2.75, 3.05) is 11.9 Å². The Balaban J connectivity index is 1.55. The molecule has 1 unspecified atom stereocenters. The fourth-order valence-electron chi connectivity index (χ4n) is 3.41. The molecule has 1 N–H and O–H groups in total. The number of anilines is 1. The number of piperidine rings is 1. The lowest BCUT2D eigenvalue weighted by atomic mass is 10.0. The Morgan fingerprint density at radius 2 is 1.97 bits per heavy atom. The minimum absolute atomic E-state index is 0.269. The summed E-state index contributed by atoms with van der Waals surface area (Å²) >= 11 is 12.3. The molecule has 2 aromatic carbocycles. The van der Waals surface area contributed by atoms with E-state index in [9.17, 15) is 4.79 Å². The molecule has 4 rings (SSSR count). The van der Waals surface area contributed by atoms with E-state index in [1.54, 1.807) is 23.1 Å². The summed E-state index contributed by atoms with van der Waals surface area (Å²) in [7, 11) is 0. The average Bonchev–Trinajstić information content (AvgIpc) is 3.22. The van der Waals surface area contributed by atoms with Gasteiger partial charge < -0.3 is 14.7 Å². The molecule has 2 amide bonds. The van der Waals surface area contributed by atoms with Crippen LogP contribution in [0.3, 0.4) is 0 Å². The highest BCUT2D eigenvalue weighted by Gasteiger charge is 2.32. The molecule has 0 bridgehead atoms. The number of carbonyl (C=O) groups is 1. The number of benzene rings is 2. The van der Waals surface area contributed by atoms with Gasteiger partial charge in [0.1, 0.15) is 6.04 Å². The van der Waals surface area contributed by atoms with Gasteiger partial charge in [-0.15, -0.1) is 0 Å². The van der Waals surface area contributed by atoms with Crippen LogP contribution in [0.4, 0.5) is 10.5 Å². The molecule has 1 aliphatic heterocycles. The number of aromatic nitrogens is 2. The largest absolute Gasteiger partial charge is 0.337 e. The van der Waals surface area contributed by atoms with Gasteiger partial charge in [0.25, 0.3) is 0 Å². The predicted molar refractivity (Wildman–Crippen MR) is 113 cm³/mol. The lowest BCUT2D eigenvalue weighted by Crippen LogP contribution is -2.41. The van der Waals surface area contributed by atoms with E-state index in [1.807, 2.05) is 31.2 Å². The zero-order valence-electron chi connectivity index (χ0n) is 15.9. The molecule has 0 spiro atoms. The van der Waals surface area contributed by atoms with Gasteiger partial charge in [0.05, 0.1) is 15.7 Å². The number of carbonyl (C=O) groups excluding carboxylic acids is 1. The molecule has 6 nitrogen and oxygen atoms in total. The number of hydrogen-bond donors (Lipinski definition) is 1. The van der Waals surface area contributed by atoms with Gasteiger partial charge in [0.2, 0.25) is 11.7 Å². The van der Waals surface area contributed by atoms with Crippen LogP contribution < -0.4 is 5.32 Å². The van der Waals surface area contributed by atoms with Gasteiger partial charge in [-0.25, -0.2) is 4.79 Å². The van der Waals surface area contributed by atoms with E-state index in [0.717, 1.165) is 30.4 Å². The minimum Gasteiger partial charge on any atom is -0.337 e. The number of nitrogens with zero attached hydrogens (tertiary/aromatic N) is 3. The van der Waals surface area contributed by atoms with Gasteiger partial charge in [0.15, 0.2) is 0 Å². The van der Waals surface area contributed by atoms with Crippen molar-refractivity contribution >= 4 is 34.9 Å². The van der Waals surface area contributed by atoms with Crippen LogP contribution in [-0.4, -0.2) is 27.6 Å². The standard InChI is InChI=1S/C21H20Cl2N4O2/c1-13-8-10-14(11-9-13)19-25-20(29-26-19)17-7-2-3-12-27(17)21(28)24-16-6-4-5-15(22)18(16)23/h4-6,8-11,17H,2-3,7,12H2,1H3,(H,24,28). The van der Waals surface area contributed by atoms with E-state index >= 15 is 0 Å². The summed E-state index contributed by atoms with van der Waals surface area (Å²) in [4.78, 5) is 19.2. The van der Waals surface area contributed by atoms with E-state index in [2.05, 4.69) is 15.5 Å². The number of aryl methyl sites for hydroxylation is 1. The molecule has 150 valence electrons. The van der Waals surface area contributed by atoms with Crippen molar-refractivity contribution in [3.63, 3.8) is 0 Å². The Morgan fingerprint density at radius 3 is 2.76 bits per heavy atom. The van der Waals surface area contributed by atoms with E-state index in [0.29, 0.717) is 34.0 Å². The third-order valence-electron chi connectivity index (χ3n) is 4.99. The second kappa shape index (κ2) is 8.43. The second-order valence-electron chi connectivity index (χ2n) is 7.06. The normalized spacial score (nSPS) is 16.7.